The number of rotatable bonds is 3. The van der Waals surface area contributed by atoms with Crippen LogP contribution in [0.1, 0.15) is 11.5 Å². The summed E-state index contributed by atoms with van der Waals surface area (Å²) < 4.78 is 1.65. The van der Waals surface area contributed by atoms with Crippen molar-refractivity contribution in [1.29, 1.82) is 0 Å². The molecule has 3 aromatic rings. The minimum Gasteiger partial charge on any atom is -0.384 e. The fourth-order valence-electron chi connectivity index (χ4n) is 1.87. The molecule has 0 unspecified atom stereocenters. The lowest BCUT2D eigenvalue weighted by molar-refractivity contribution is 0.840. The Balaban J connectivity index is 1.91. The molecule has 0 bridgehead atoms. The average Bonchev–Trinajstić information content (AvgIpc) is 2.97. The second-order valence-electron chi connectivity index (χ2n) is 4.11. The molecule has 7 nitrogen and oxygen atoms in total. The van der Waals surface area contributed by atoms with E-state index in [0.717, 1.165) is 11.4 Å². The Morgan fingerprint density at radius 3 is 2.74 bits per heavy atom. The second kappa shape index (κ2) is 4.45. The molecule has 1 aromatic carbocycles. The van der Waals surface area contributed by atoms with Gasteiger partial charge in [0.2, 0.25) is 0 Å². The van der Waals surface area contributed by atoms with E-state index in [9.17, 15) is 4.79 Å². The number of aromatic amines is 2. The van der Waals surface area contributed by atoms with E-state index in [4.69, 9.17) is 5.73 Å². The molecule has 0 saturated heterocycles. The molecule has 0 atom stereocenters. The number of H-pyrrole nitrogens is 2. The molecule has 0 saturated carbocycles. The van der Waals surface area contributed by atoms with Gasteiger partial charge in [-0.1, -0.05) is 18.2 Å². The van der Waals surface area contributed by atoms with Crippen LogP contribution in [0.3, 0.4) is 0 Å². The number of anilines is 1. The molecule has 2 heterocycles. The maximum Gasteiger partial charge on any atom is 0.340 e. The maximum atomic E-state index is 11.0. The summed E-state index contributed by atoms with van der Waals surface area (Å²) in [7, 11) is 0. The highest BCUT2D eigenvalue weighted by Gasteiger charge is 2.09. The van der Waals surface area contributed by atoms with Crippen LogP contribution in [0.2, 0.25) is 0 Å². The number of hydrogen-bond donors (Lipinski definition) is 3. The molecule has 2 aromatic heterocycles. The first-order valence-corrected chi connectivity index (χ1v) is 5.76. The van der Waals surface area contributed by atoms with E-state index < -0.39 is 0 Å². The quantitative estimate of drug-likeness (QED) is 0.632. The van der Waals surface area contributed by atoms with Crippen LogP contribution in [-0.2, 0) is 6.42 Å². The third kappa shape index (κ3) is 2.25. The van der Waals surface area contributed by atoms with Crippen molar-refractivity contribution in [2.24, 2.45) is 0 Å². The van der Waals surface area contributed by atoms with Gasteiger partial charge in [0.1, 0.15) is 11.6 Å². The fraction of sp³-hybridized carbons (Fsp3) is 0.0833. The number of para-hydroxylation sites is 1. The summed E-state index contributed by atoms with van der Waals surface area (Å²) in [4.78, 5) is 13.5. The Kier molecular flexibility index (Phi) is 2.64. The predicted octanol–water partition coefficient (Wildman–Crippen LogP) is 0.457. The van der Waals surface area contributed by atoms with E-state index in [-0.39, 0.29) is 5.69 Å². The van der Waals surface area contributed by atoms with Gasteiger partial charge in [0.05, 0.1) is 17.8 Å². The highest BCUT2D eigenvalue weighted by molar-refractivity contribution is 5.43. The van der Waals surface area contributed by atoms with E-state index in [1.165, 1.54) is 0 Å². The minimum atomic E-state index is -0.328. The van der Waals surface area contributed by atoms with Gasteiger partial charge in [0.25, 0.3) is 0 Å². The van der Waals surface area contributed by atoms with Crippen molar-refractivity contribution >= 4 is 5.82 Å². The summed E-state index contributed by atoms with van der Waals surface area (Å²) in [5, 5.41) is 10.6. The Morgan fingerprint density at radius 2 is 2.05 bits per heavy atom. The lowest BCUT2D eigenvalue weighted by Gasteiger charge is -2.02. The number of hydrogen-bond acceptors (Lipinski definition) is 4. The average molecular weight is 256 g/mol. The normalized spacial score (nSPS) is 10.7. The topological polar surface area (TPSA) is 105 Å². The van der Waals surface area contributed by atoms with E-state index in [1.54, 1.807) is 10.7 Å². The summed E-state index contributed by atoms with van der Waals surface area (Å²) in [5.74, 6) is 1.07. The van der Waals surface area contributed by atoms with Gasteiger partial charge in [-0.3, -0.25) is 4.98 Å². The molecule has 7 heteroatoms. The summed E-state index contributed by atoms with van der Waals surface area (Å²) in [6, 6.07) is 11.4. The number of aromatic nitrogens is 5. The van der Waals surface area contributed by atoms with Gasteiger partial charge in [-0.25, -0.2) is 14.6 Å². The minimum absolute atomic E-state index is 0.328. The lowest BCUT2D eigenvalue weighted by Crippen LogP contribution is -2.02. The van der Waals surface area contributed by atoms with Crippen LogP contribution in [-0.4, -0.2) is 25.0 Å². The van der Waals surface area contributed by atoms with Gasteiger partial charge < -0.3 is 5.73 Å². The first kappa shape index (κ1) is 11.3. The van der Waals surface area contributed by atoms with Crippen LogP contribution in [0.5, 0.6) is 0 Å². The second-order valence-corrected chi connectivity index (χ2v) is 4.11. The smallest absolute Gasteiger partial charge is 0.340 e. The van der Waals surface area contributed by atoms with Crippen LogP contribution in [0.25, 0.3) is 5.69 Å². The number of nitrogens with one attached hydrogen (secondary N) is 2. The highest BCUT2D eigenvalue weighted by Crippen LogP contribution is 2.15. The first-order chi connectivity index (χ1) is 9.22. The fourth-order valence-corrected chi connectivity index (χ4v) is 1.87. The monoisotopic (exact) mass is 256 g/mol. The molecule has 96 valence electrons. The van der Waals surface area contributed by atoms with Crippen molar-refractivity contribution in [3.05, 3.63) is 58.4 Å². The standard InChI is InChI=1S/C12H12N6O/c13-10-6-8(7-11-14-12(19)16-15-11)17-18(10)9-4-2-1-3-5-9/h1-6H,7,13H2,(H2,14,15,16,19). The lowest BCUT2D eigenvalue weighted by atomic mass is 10.3. The highest BCUT2D eigenvalue weighted by atomic mass is 16.1. The van der Waals surface area contributed by atoms with Gasteiger partial charge in [0, 0.05) is 6.07 Å². The summed E-state index contributed by atoms with van der Waals surface area (Å²) in [6.07, 6.45) is 0.419. The van der Waals surface area contributed by atoms with Crippen molar-refractivity contribution < 1.29 is 0 Å². The Labute approximate surface area is 108 Å². The van der Waals surface area contributed by atoms with Crippen molar-refractivity contribution in [3.8, 4) is 5.69 Å². The molecular weight excluding hydrogens is 244 g/mol. The van der Waals surface area contributed by atoms with E-state index in [1.807, 2.05) is 30.3 Å². The van der Waals surface area contributed by atoms with Gasteiger partial charge in [0.15, 0.2) is 0 Å². The van der Waals surface area contributed by atoms with E-state index in [0.29, 0.717) is 18.1 Å². The van der Waals surface area contributed by atoms with Gasteiger partial charge in [-0.15, -0.1) is 0 Å². The number of benzene rings is 1. The molecule has 3 rings (SSSR count). The zero-order chi connectivity index (χ0) is 13.2. The third-order valence-corrected chi connectivity index (χ3v) is 2.69. The summed E-state index contributed by atoms with van der Waals surface area (Å²) in [5.41, 5.74) is 7.23. The van der Waals surface area contributed by atoms with Crippen molar-refractivity contribution in [3.63, 3.8) is 0 Å². The van der Waals surface area contributed by atoms with Crippen LogP contribution in [0.15, 0.2) is 41.2 Å². The van der Waals surface area contributed by atoms with Crippen molar-refractivity contribution in [2.45, 2.75) is 6.42 Å². The van der Waals surface area contributed by atoms with Crippen molar-refractivity contribution in [2.75, 3.05) is 5.73 Å². The summed E-state index contributed by atoms with van der Waals surface area (Å²) >= 11 is 0. The van der Waals surface area contributed by atoms with Crippen LogP contribution in [0, 0.1) is 0 Å². The zero-order valence-electron chi connectivity index (χ0n) is 10.00. The van der Waals surface area contributed by atoms with Crippen LogP contribution < -0.4 is 11.4 Å². The van der Waals surface area contributed by atoms with E-state index in [2.05, 4.69) is 20.3 Å². The predicted molar refractivity (Wildman–Crippen MR) is 70.0 cm³/mol. The molecule has 19 heavy (non-hydrogen) atoms. The molecular formula is C12H12N6O. The zero-order valence-corrected chi connectivity index (χ0v) is 10.00. The van der Waals surface area contributed by atoms with Crippen LogP contribution >= 0.6 is 0 Å². The number of nitrogens with two attached hydrogens (primary N) is 1. The summed E-state index contributed by atoms with van der Waals surface area (Å²) in [6.45, 7) is 0. The Morgan fingerprint density at radius 1 is 1.26 bits per heavy atom. The molecule has 0 radical (unpaired) electrons. The molecule has 0 aliphatic heterocycles. The molecule has 4 N–H and O–H groups in total. The Hall–Kier alpha value is -2.83. The van der Waals surface area contributed by atoms with E-state index >= 15 is 0 Å². The van der Waals surface area contributed by atoms with Gasteiger partial charge >= 0.3 is 5.69 Å². The SMILES string of the molecule is Nc1cc(Cc2n[nH]c(=O)[nH]2)nn1-c1ccccc1. The van der Waals surface area contributed by atoms with Gasteiger partial charge in [-0.2, -0.15) is 10.2 Å². The molecule has 0 spiro atoms. The Bertz CT molecular complexity index is 739. The van der Waals surface area contributed by atoms with Crippen molar-refractivity contribution in [1.82, 2.24) is 25.0 Å². The third-order valence-electron chi connectivity index (χ3n) is 2.69. The molecule has 0 fully saturated rings. The molecule has 0 aliphatic rings. The molecule has 0 aliphatic carbocycles. The molecule has 0 amide bonds. The largest absolute Gasteiger partial charge is 0.384 e. The number of nitrogens with zero attached hydrogens (tertiary/aromatic N) is 3. The first-order valence-electron chi connectivity index (χ1n) is 5.76. The van der Waals surface area contributed by atoms with Gasteiger partial charge in [-0.05, 0) is 12.1 Å². The maximum absolute atomic E-state index is 11.0. The number of nitrogen functional groups attached to an aromatic ring is 1. The van der Waals surface area contributed by atoms with Crippen LogP contribution in [0.4, 0.5) is 5.82 Å².